The van der Waals surface area contributed by atoms with E-state index < -0.39 is 11.7 Å². The first kappa shape index (κ1) is 19.7. The summed E-state index contributed by atoms with van der Waals surface area (Å²) in [6, 6.07) is 7.81. The zero-order valence-corrected chi connectivity index (χ0v) is 18.4. The van der Waals surface area contributed by atoms with E-state index in [2.05, 4.69) is 6.92 Å². The van der Waals surface area contributed by atoms with Crippen molar-refractivity contribution >= 4 is 16.7 Å². The number of ether oxygens (including phenoxy) is 1. The summed E-state index contributed by atoms with van der Waals surface area (Å²) in [6.07, 6.45) is 5.57. The van der Waals surface area contributed by atoms with Gasteiger partial charge in [-0.05, 0) is 86.5 Å². The number of carbonyl (C=O) groups is 1. The second kappa shape index (κ2) is 6.29. The van der Waals surface area contributed by atoms with E-state index in [1.807, 2.05) is 24.3 Å². The first-order valence-corrected chi connectivity index (χ1v) is 11.6. The highest BCUT2D eigenvalue weighted by Gasteiger charge is 2.58. The Balaban J connectivity index is 1.44. The molecule has 6 unspecified atom stereocenters. The van der Waals surface area contributed by atoms with Gasteiger partial charge < -0.3 is 9.84 Å². The number of fused-ring (bicyclic) bond motifs is 9. The lowest BCUT2D eigenvalue weighted by Crippen LogP contribution is -2.54. The Bertz CT molecular complexity index is 1130. The van der Waals surface area contributed by atoms with Crippen LogP contribution < -0.4 is 0 Å². The summed E-state index contributed by atoms with van der Waals surface area (Å²) in [5.41, 5.74) is 2.51. The molecule has 5 heteroatoms. The van der Waals surface area contributed by atoms with Crippen molar-refractivity contribution in [1.29, 1.82) is 0 Å². The Morgan fingerprint density at radius 1 is 1.23 bits per heavy atom. The third-order valence-electron chi connectivity index (χ3n) is 8.76. The van der Waals surface area contributed by atoms with Gasteiger partial charge in [0.25, 0.3) is 0 Å². The van der Waals surface area contributed by atoms with Crippen LogP contribution in [0.1, 0.15) is 63.6 Å². The van der Waals surface area contributed by atoms with Crippen molar-refractivity contribution in [3.8, 4) is 0 Å². The lowest BCUT2D eigenvalue weighted by molar-refractivity contribution is -0.158. The molecule has 6 rings (SSSR count). The van der Waals surface area contributed by atoms with Crippen LogP contribution in [0.5, 0.6) is 0 Å². The summed E-state index contributed by atoms with van der Waals surface area (Å²) in [6.45, 7) is 5.57. The van der Waals surface area contributed by atoms with Gasteiger partial charge in [-0.25, -0.2) is 0 Å². The first-order chi connectivity index (χ1) is 14.7. The number of halogens is 1. The highest BCUT2D eigenvalue weighted by atomic mass is 19.2. The molecule has 0 amide bonds. The van der Waals surface area contributed by atoms with Crippen LogP contribution in [0.4, 0.5) is 4.48 Å². The molecule has 0 saturated heterocycles. The predicted octanol–water partition coefficient (Wildman–Crippen LogP) is 4.87. The average molecular weight is 424 g/mol. The van der Waals surface area contributed by atoms with Crippen LogP contribution >= 0.6 is 0 Å². The number of ketones is 1. The molecule has 2 heterocycles. The minimum absolute atomic E-state index is 0.0973. The summed E-state index contributed by atoms with van der Waals surface area (Å²) in [4.78, 5) is 13.8. The third-order valence-corrected chi connectivity index (χ3v) is 8.76. The summed E-state index contributed by atoms with van der Waals surface area (Å²) < 4.78 is 21.8. The van der Waals surface area contributed by atoms with E-state index in [0.29, 0.717) is 11.4 Å². The summed E-state index contributed by atoms with van der Waals surface area (Å²) in [7, 11) is 0. The second-order valence-electron chi connectivity index (χ2n) is 11.0. The van der Waals surface area contributed by atoms with E-state index >= 15 is 4.48 Å². The molecule has 0 spiro atoms. The Kier molecular flexibility index (Phi) is 4.00. The number of hydrogen-bond acceptors (Lipinski definition) is 3. The number of para-hydroxylation sites is 1. The number of benzene rings is 1. The normalized spacial score (nSPS) is 37.1. The molecule has 3 aliphatic carbocycles. The zero-order chi connectivity index (χ0) is 21.7. The Hall–Kier alpha value is -1.98. The van der Waals surface area contributed by atoms with Crippen LogP contribution in [0.15, 0.2) is 35.9 Å². The van der Waals surface area contributed by atoms with Crippen LogP contribution in [-0.4, -0.2) is 33.5 Å². The Morgan fingerprint density at radius 2 is 2.00 bits per heavy atom. The molecular formula is C26H30FNO3. The maximum Gasteiger partial charge on any atom is 0.187 e. The van der Waals surface area contributed by atoms with Gasteiger partial charge in [0, 0.05) is 11.3 Å². The standard InChI is InChI=1S/C26H30FNO3/c1-25(2,30)24-20(29)13-17-18-9-8-14-12-16-15-6-4-5-7-19(15)28(27)23(16)22(14)26(18,3)11-10-21(17)31-24/h4-7,13-14,18,21-22,24,30H,8-12H2,1-3H3. The fourth-order valence-electron chi connectivity index (χ4n) is 7.50. The number of carbonyl (C=O) groups excluding carboxylic acids is 1. The fourth-order valence-corrected chi connectivity index (χ4v) is 7.50. The summed E-state index contributed by atoms with van der Waals surface area (Å²) in [5.74, 6) is 0.682. The van der Waals surface area contributed by atoms with Crippen LogP contribution in [0.25, 0.3) is 10.9 Å². The van der Waals surface area contributed by atoms with E-state index in [1.54, 1.807) is 19.9 Å². The molecule has 31 heavy (non-hydrogen) atoms. The molecule has 1 aromatic heterocycles. The average Bonchev–Trinajstić information content (AvgIpc) is 3.23. The maximum absolute atomic E-state index is 15.6. The molecule has 2 fully saturated rings. The highest BCUT2D eigenvalue weighted by Crippen LogP contribution is 2.65. The smallest absolute Gasteiger partial charge is 0.187 e. The number of aliphatic hydroxyl groups is 1. The monoisotopic (exact) mass is 423 g/mol. The van der Waals surface area contributed by atoms with Crippen molar-refractivity contribution in [2.45, 2.75) is 76.6 Å². The van der Waals surface area contributed by atoms with Crippen LogP contribution in [-0.2, 0) is 16.0 Å². The fraction of sp³-hybridized carbons (Fsp3) is 0.577. The van der Waals surface area contributed by atoms with E-state index in [-0.39, 0.29) is 29.1 Å². The Morgan fingerprint density at radius 3 is 2.77 bits per heavy atom. The van der Waals surface area contributed by atoms with Crippen molar-refractivity contribution in [2.24, 2.45) is 17.3 Å². The molecular weight excluding hydrogens is 393 g/mol. The topological polar surface area (TPSA) is 51.5 Å². The summed E-state index contributed by atoms with van der Waals surface area (Å²) in [5, 5.41) is 11.4. The quantitative estimate of drug-likeness (QED) is 0.712. The highest BCUT2D eigenvalue weighted by molar-refractivity contribution is 5.96. The minimum Gasteiger partial charge on any atom is -0.387 e. The lowest BCUT2D eigenvalue weighted by atomic mass is 9.51. The SMILES string of the molecule is CC(C)(O)C1OC2CCC3(C)C(CCC4Cc5c(n(F)c6ccccc56)C43)C2=CC1=O. The van der Waals surface area contributed by atoms with E-state index in [4.69, 9.17) is 4.74 Å². The summed E-state index contributed by atoms with van der Waals surface area (Å²) >= 11 is 0. The molecule has 1 aliphatic heterocycles. The molecule has 4 aliphatic rings. The van der Waals surface area contributed by atoms with E-state index in [1.165, 1.54) is 5.56 Å². The number of nitrogens with zero attached hydrogens (tertiary/aromatic N) is 1. The van der Waals surface area contributed by atoms with Gasteiger partial charge in [-0.15, -0.1) is 0 Å². The number of rotatable bonds is 1. The molecule has 0 bridgehead atoms. The molecule has 1 aromatic carbocycles. The molecule has 2 aromatic rings. The Labute approximate surface area is 182 Å². The van der Waals surface area contributed by atoms with Crippen molar-refractivity contribution in [2.75, 3.05) is 0 Å². The van der Waals surface area contributed by atoms with Gasteiger partial charge in [-0.3, -0.25) is 4.79 Å². The molecule has 164 valence electrons. The lowest BCUT2D eigenvalue weighted by Gasteiger charge is -2.55. The van der Waals surface area contributed by atoms with Crippen molar-refractivity contribution in [3.63, 3.8) is 0 Å². The first-order valence-electron chi connectivity index (χ1n) is 11.6. The van der Waals surface area contributed by atoms with Crippen molar-refractivity contribution in [3.05, 3.63) is 47.2 Å². The van der Waals surface area contributed by atoms with Gasteiger partial charge in [0.15, 0.2) is 5.78 Å². The molecule has 0 radical (unpaired) electrons. The van der Waals surface area contributed by atoms with Gasteiger partial charge in [0.1, 0.15) is 6.10 Å². The van der Waals surface area contributed by atoms with Crippen LogP contribution in [0, 0.1) is 17.3 Å². The third kappa shape index (κ3) is 2.56. The van der Waals surface area contributed by atoms with Gasteiger partial charge in [-0.2, -0.15) is 4.79 Å². The van der Waals surface area contributed by atoms with Crippen LogP contribution in [0.3, 0.4) is 0 Å². The minimum atomic E-state index is -1.20. The number of aromatic nitrogens is 1. The van der Waals surface area contributed by atoms with Crippen LogP contribution in [0.2, 0.25) is 0 Å². The van der Waals surface area contributed by atoms with Gasteiger partial charge in [0.2, 0.25) is 0 Å². The van der Waals surface area contributed by atoms with E-state index in [0.717, 1.165) is 53.5 Å². The molecule has 4 nitrogen and oxygen atoms in total. The van der Waals surface area contributed by atoms with Gasteiger partial charge in [0.05, 0.1) is 22.9 Å². The molecule has 1 N–H and O–H groups in total. The van der Waals surface area contributed by atoms with Gasteiger partial charge >= 0.3 is 0 Å². The maximum atomic E-state index is 15.6. The van der Waals surface area contributed by atoms with E-state index in [9.17, 15) is 9.90 Å². The van der Waals surface area contributed by atoms with Crippen molar-refractivity contribution in [1.82, 2.24) is 4.79 Å². The zero-order valence-electron chi connectivity index (χ0n) is 18.4. The van der Waals surface area contributed by atoms with Crippen molar-refractivity contribution < 1.29 is 19.1 Å². The second-order valence-corrected chi connectivity index (χ2v) is 11.0. The van der Waals surface area contributed by atoms with Gasteiger partial charge in [-0.1, -0.05) is 29.6 Å². The largest absolute Gasteiger partial charge is 0.387 e. The molecule has 2 saturated carbocycles. The predicted molar refractivity (Wildman–Crippen MR) is 116 cm³/mol. The molecule has 6 atom stereocenters. The number of hydrogen-bond donors (Lipinski definition) is 1.